The van der Waals surface area contributed by atoms with Gasteiger partial charge in [0.1, 0.15) is 0 Å². The molecule has 1 aliphatic heterocycles. The summed E-state index contributed by atoms with van der Waals surface area (Å²) in [6.45, 7) is 2.49. The molecule has 2 aromatic carbocycles. The average molecular weight is 280 g/mol. The first-order valence-corrected chi connectivity index (χ1v) is 7.34. The molecule has 1 fully saturated rings. The maximum Gasteiger partial charge on any atom is 0.222 e. The van der Waals surface area contributed by atoms with Crippen LogP contribution in [0.5, 0.6) is 0 Å². The highest BCUT2D eigenvalue weighted by Crippen LogP contribution is 2.33. The third-order valence-electron chi connectivity index (χ3n) is 4.24. The lowest BCUT2D eigenvalue weighted by Gasteiger charge is -2.16. The Morgan fingerprint density at radius 3 is 2.24 bits per heavy atom. The van der Waals surface area contributed by atoms with Gasteiger partial charge < -0.3 is 5.73 Å². The number of primary amides is 1. The number of amides is 1. The van der Waals surface area contributed by atoms with Crippen LogP contribution in [-0.2, 0) is 11.3 Å². The van der Waals surface area contributed by atoms with E-state index in [0.29, 0.717) is 0 Å². The SMILES string of the molecule is NC(=O)[C@@H]1CN(Cc2ccccc2)C[C@@H]1c1ccccc1. The molecule has 1 amide bonds. The predicted octanol–water partition coefficient (Wildman–Crippen LogP) is 2.39. The fourth-order valence-corrected chi connectivity index (χ4v) is 3.18. The van der Waals surface area contributed by atoms with E-state index in [9.17, 15) is 4.79 Å². The van der Waals surface area contributed by atoms with Crippen molar-refractivity contribution in [3.8, 4) is 0 Å². The van der Waals surface area contributed by atoms with Gasteiger partial charge >= 0.3 is 0 Å². The van der Waals surface area contributed by atoms with Gasteiger partial charge in [0.25, 0.3) is 0 Å². The van der Waals surface area contributed by atoms with Crippen LogP contribution in [0.1, 0.15) is 17.0 Å². The second-order valence-corrected chi connectivity index (χ2v) is 5.71. The lowest BCUT2D eigenvalue weighted by molar-refractivity contribution is -0.121. The summed E-state index contributed by atoms with van der Waals surface area (Å²) in [5.74, 6) is -0.0945. The van der Waals surface area contributed by atoms with Crippen molar-refractivity contribution in [2.45, 2.75) is 12.5 Å². The molecule has 3 nitrogen and oxygen atoms in total. The van der Waals surface area contributed by atoms with Crippen molar-refractivity contribution in [2.75, 3.05) is 13.1 Å². The molecule has 3 rings (SSSR count). The molecule has 0 spiro atoms. The topological polar surface area (TPSA) is 46.3 Å². The zero-order valence-electron chi connectivity index (χ0n) is 12.0. The van der Waals surface area contributed by atoms with Crippen LogP contribution < -0.4 is 5.73 Å². The smallest absolute Gasteiger partial charge is 0.222 e. The third kappa shape index (κ3) is 3.14. The van der Waals surface area contributed by atoms with Crippen molar-refractivity contribution < 1.29 is 4.79 Å². The molecule has 0 radical (unpaired) electrons. The van der Waals surface area contributed by atoms with Gasteiger partial charge in [0, 0.05) is 25.6 Å². The predicted molar refractivity (Wildman–Crippen MR) is 83.6 cm³/mol. The number of carbonyl (C=O) groups excluding carboxylic acids is 1. The maximum atomic E-state index is 11.8. The minimum Gasteiger partial charge on any atom is -0.369 e. The molecule has 21 heavy (non-hydrogen) atoms. The molecular formula is C18H20N2O. The highest BCUT2D eigenvalue weighted by molar-refractivity contribution is 5.78. The zero-order chi connectivity index (χ0) is 14.7. The summed E-state index contributed by atoms with van der Waals surface area (Å²) in [6.07, 6.45) is 0. The molecule has 2 atom stereocenters. The van der Waals surface area contributed by atoms with Crippen LogP contribution in [0, 0.1) is 5.92 Å². The third-order valence-corrected chi connectivity index (χ3v) is 4.24. The van der Waals surface area contributed by atoms with Crippen LogP contribution in [0.4, 0.5) is 0 Å². The molecule has 0 aromatic heterocycles. The summed E-state index contributed by atoms with van der Waals surface area (Å²) in [7, 11) is 0. The Hall–Kier alpha value is -2.13. The number of nitrogens with two attached hydrogens (primary N) is 1. The molecule has 1 aliphatic rings. The average Bonchev–Trinajstić information content (AvgIpc) is 2.93. The molecule has 2 aromatic rings. The maximum absolute atomic E-state index is 11.8. The fraction of sp³-hybridized carbons (Fsp3) is 0.278. The van der Waals surface area contributed by atoms with Crippen molar-refractivity contribution in [1.29, 1.82) is 0 Å². The second kappa shape index (κ2) is 6.10. The summed E-state index contributed by atoms with van der Waals surface area (Å²) in [6, 6.07) is 20.6. The first kappa shape index (κ1) is 13.8. The highest BCUT2D eigenvalue weighted by atomic mass is 16.1. The second-order valence-electron chi connectivity index (χ2n) is 5.71. The van der Waals surface area contributed by atoms with Crippen molar-refractivity contribution in [1.82, 2.24) is 4.90 Å². The van der Waals surface area contributed by atoms with Crippen LogP contribution in [0.15, 0.2) is 60.7 Å². The van der Waals surface area contributed by atoms with Crippen LogP contribution in [0.25, 0.3) is 0 Å². The Morgan fingerprint density at radius 1 is 1.00 bits per heavy atom. The first-order valence-electron chi connectivity index (χ1n) is 7.34. The number of carbonyl (C=O) groups is 1. The number of nitrogens with zero attached hydrogens (tertiary/aromatic N) is 1. The van der Waals surface area contributed by atoms with Gasteiger partial charge in [0.05, 0.1) is 5.92 Å². The summed E-state index contributed by atoms with van der Waals surface area (Å²) in [4.78, 5) is 14.1. The molecular weight excluding hydrogens is 260 g/mol. The Balaban J connectivity index is 1.77. The van der Waals surface area contributed by atoms with Crippen molar-refractivity contribution in [3.63, 3.8) is 0 Å². The summed E-state index contributed by atoms with van der Waals surface area (Å²) in [5, 5.41) is 0. The Labute approximate surface area is 125 Å². The van der Waals surface area contributed by atoms with Gasteiger partial charge in [-0.2, -0.15) is 0 Å². The van der Waals surface area contributed by atoms with E-state index in [1.807, 2.05) is 36.4 Å². The van der Waals surface area contributed by atoms with Crippen molar-refractivity contribution in [2.24, 2.45) is 11.7 Å². The van der Waals surface area contributed by atoms with Crippen LogP contribution in [0.3, 0.4) is 0 Å². The monoisotopic (exact) mass is 280 g/mol. The number of benzene rings is 2. The molecule has 1 heterocycles. The molecule has 3 heteroatoms. The Morgan fingerprint density at radius 2 is 1.62 bits per heavy atom. The van der Waals surface area contributed by atoms with Gasteiger partial charge in [0.2, 0.25) is 5.91 Å². The van der Waals surface area contributed by atoms with Gasteiger partial charge in [-0.1, -0.05) is 60.7 Å². The highest BCUT2D eigenvalue weighted by Gasteiger charge is 2.37. The first-order chi connectivity index (χ1) is 10.2. The molecule has 0 unspecified atom stereocenters. The van der Waals surface area contributed by atoms with E-state index in [2.05, 4.69) is 29.2 Å². The zero-order valence-corrected chi connectivity index (χ0v) is 12.0. The van der Waals surface area contributed by atoms with E-state index in [0.717, 1.165) is 19.6 Å². The summed E-state index contributed by atoms with van der Waals surface area (Å²) in [5.41, 5.74) is 8.09. The normalized spacial score (nSPS) is 22.3. The van der Waals surface area contributed by atoms with E-state index in [-0.39, 0.29) is 17.7 Å². The van der Waals surface area contributed by atoms with E-state index >= 15 is 0 Å². The number of hydrogen-bond acceptors (Lipinski definition) is 2. The number of rotatable bonds is 4. The lowest BCUT2D eigenvalue weighted by atomic mass is 9.89. The molecule has 0 saturated carbocycles. The van der Waals surface area contributed by atoms with E-state index in [1.54, 1.807) is 0 Å². The van der Waals surface area contributed by atoms with Crippen molar-refractivity contribution >= 4 is 5.91 Å². The minimum absolute atomic E-state index is 0.101. The van der Waals surface area contributed by atoms with Gasteiger partial charge in [-0.25, -0.2) is 0 Å². The Kier molecular flexibility index (Phi) is 4.02. The lowest BCUT2D eigenvalue weighted by Crippen LogP contribution is -2.29. The molecule has 1 saturated heterocycles. The molecule has 0 bridgehead atoms. The largest absolute Gasteiger partial charge is 0.369 e. The van der Waals surface area contributed by atoms with Crippen molar-refractivity contribution in [3.05, 3.63) is 71.8 Å². The number of hydrogen-bond donors (Lipinski definition) is 1. The van der Waals surface area contributed by atoms with Gasteiger partial charge in [0.15, 0.2) is 0 Å². The summed E-state index contributed by atoms with van der Waals surface area (Å²) < 4.78 is 0. The van der Waals surface area contributed by atoms with E-state index in [1.165, 1.54) is 11.1 Å². The van der Waals surface area contributed by atoms with Gasteiger partial charge in [-0.05, 0) is 11.1 Å². The fourth-order valence-electron chi connectivity index (χ4n) is 3.18. The minimum atomic E-state index is -0.195. The molecule has 0 aliphatic carbocycles. The Bertz CT molecular complexity index is 597. The van der Waals surface area contributed by atoms with Gasteiger partial charge in [-0.3, -0.25) is 9.69 Å². The van der Waals surface area contributed by atoms with Crippen LogP contribution in [0.2, 0.25) is 0 Å². The van der Waals surface area contributed by atoms with Gasteiger partial charge in [-0.15, -0.1) is 0 Å². The quantitative estimate of drug-likeness (QED) is 0.934. The standard InChI is InChI=1S/C18H20N2O/c19-18(21)17-13-20(11-14-7-3-1-4-8-14)12-16(17)15-9-5-2-6-10-15/h1-10,16-17H,11-13H2,(H2,19,21)/t16-,17-/m1/s1. The number of likely N-dealkylation sites (tertiary alicyclic amines) is 1. The molecule has 108 valence electrons. The summed E-state index contributed by atoms with van der Waals surface area (Å²) >= 11 is 0. The van der Waals surface area contributed by atoms with E-state index in [4.69, 9.17) is 5.73 Å². The van der Waals surface area contributed by atoms with Crippen LogP contribution in [-0.4, -0.2) is 23.9 Å². The molecule has 2 N–H and O–H groups in total. The van der Waals surface area contributed by atoms with E-state index < -0.39 is 0 Å². The van der Waals surface area contributed by atoms with Crippen LogP contribution >= 0.6 is 0 Å².